The molecule has 0 fully saturated rings. The van der Waals surface area contributed by atoms with Crippen molar-refractivity contribution >= 4 is 26.0 Å². The largest absolute Gasteiger partial charge is 0.218 e. The van der Waals surface area contributed by atoms with Gasteiger partial charge in [-0.3, -0.25) is 0 Å². The summed E-state index contributed by atoms with van der Waals surface area (Å²) in [7, 11) is -2.01. The Hall–Kier alpha value is -0.460. The fourth-order valence-electron chi connectivity index (χ4n) is 0.921. The molecule has 1 rings (SSSR count). The van der Waals surface area contributed by atoms with Gasteiger partial charge in [0.25, 0.3) is 0 Å². The number of benzene rings is 1. The second kappa shape index (κ2) is 4.37. The standard InChI is InChI=1S/C8H9BrFNO2S/c1-11-14(12,13)5-6-2-3-7(9)8(10)4-6/h2-4,11H,5H2,1H3. The highest BCUT2D eigenvalue weighted by molar-refractivity contribution is 9.10. The van der Waals surface area contributed by atoms with Gasteiger partial charge in [0, 0.05) is 0 Å². The topological polar surface area (TPSA) is 46.2 Å². The summed E-state index contributed by atoms with van der Waals surface area (Å²) in [6.45, 7) is 0. The van der Waals surface area contributed by atoms with Gasteiger partial charge >= 0.3 is 0 Å². The van der Waals surface area contributed by atoms with Crippen LogP contribution < -0.4 is 4.72 Å². The maximum absolute atomic E-state index is 13.0. The molecule has 0 saturated carbocycles. The van der Waals surface area contributed by atoms with Gasteiger partial charge in [0.1, 0.15) is 5.82 Å². The number of rotatable bonds is 3. The summed E-state index contributed by atoms with van der Waals surface area (Å²) in [5.74, 6) is -0.679. The first kappa shape index (κ1) is 11.6. The monoisotopic (exact) mass is 281 g/mol. The Kier molecular flexibility index (Phi) is 3.63. The molecule has 3 nitrogen and oxygen atoms in total. The molecule has 0 radical (unpaired) electrons. The molecule has 0 aliphatic carbocycles. The Labute approximate surface area is 90.5 Å². The van der Waals surface area contributed by atoms with E-state index in [1.54, 1.807) is 6.07 Å². The molecule has 0 unspecified atom stereocenters. The lowest BCUT2D eigenvalue weighted by atomic mass is 10.2. The maximum Gasteiger partial charge on any atom is 0.215 e. The van der Waals surface area contributed by atoms with Crippen molar-refractivity contribution in [3.63, 3.8) is 0 Å². The van der Waals surface area contributed by atoms with Gasteiger partial charge in [0.2, 0.25) is 10.0 Å². The molecule has 1 aromatic rings. The summed E-state index contributed by atoms with van der Waals surface area (Å²) in [5, 5.41) is 0. The summed E-state index contributed by atoms with van der Waals surface area (Å²) >= 11 is 2.99. The predicted molar refractivity (Wildman–Crippen MR) is 55.8 cm³/mol. The molecule has 78 valence electrons. The summed E-state index contributed by atoms with van der Waals surface area (Å²) < 4.78 is 37.7. The minimum absolute atomic E-state index is 0.215. The van der Waals surface area contributed by atoms with E-state index in [1.165, 1.54) is 19.2 Å². The lowest BCUT2D eigenvalue weighted by Gasteiger charge is -2.03. The predicted octanol–water partition coefficient (Wildman–Crippen LogP) is 1.64. The Morgan fingerprint density at radius 1 is 1.50 bits per heavy atom. The Bertz CT molecular complexity index is 433. The van der Waals surface area contributed by atoms with Gasteiger partial charge in [-0.25, -0.2) is 17.5 Å². The van der Waals surface area contributed by atoms with Crippen molar-refractivity contribution in [1.82, 2.24) is 4.72 Å². The average Bonchev–Trinajstić information content (AvgIpc) is 2.11. The number of nitrogens with one attached hydrogen (secondary N) is 1. The molecule has 1 N–H and O–H groups in total. The summed E-state index contributed by atoms with van der Waals surface area (Å²) in [5.41, 5.74) is 0.417. The van der Waals surface area contributed by atoms with Crippen LogP contribution in [0.3, 0.4) is 0 Å². The van der Waals surface area contributed by atoms with Crippen molar-refractivity contribution in [2.45, 2.75) is 5.75 Å². The molecule has 0 aliphatic rings. The highest BCUT2D eigenvalue weighted by Gasteiger charge is 2.09. The maximum atomic E-state index is 13.0. The van der Waals surface area contributed by atoms with Crippen molar-refractivity contribution in [2.24, 2.45) is 0 Å². The molecule has 0 spiro atoms. The van der Waals surface area contributed by atoms with Crippen molar-refractivity contribution in [1.29, 1.82) is 0 Å². The first-order valence-corrected chi connectivity index (χ1v) is 6.24. The zero-order chi connectivity index (χ0) is 10.8. The van der Waals surface area contributed by atoms with Gasteiger partial charge in [-0.1, -0.05) is 6.07 Å². The summed E-state index contributed by atoms with van der Waals surface area (Å²) in [6, 6.07) is 4.23. The van der Waals surface area contributed by atoms with Crippen LogP contribution in [0, 0.1) is 5.82 Å². The lowest BCUT2D eigenvalue weighted by Crippen LogP contribution is -2.20. The van der Waals surface area contributed by atoms with Gasteiger partial charge in [-0.15, -0.1) is 0 Å². The van der Waals surface area contributed by atoms with E-state index < -0.39 is 15.8 Å². The smallest absolute Gasteiger partial charge is 0.215 e. The molecule has 0 bridgehead atoms. The normalized spacial score (nSPS) is 11.6. The molecule has 0 heterocycles. The molecule has 0 amide bonds. The van der Waals surface area contributed by atoms with E-state index >= 15 is 0 Å². The minimum Gasteiger partial charge on any atom is -0.218 e. The van der Waals surface area contributed by atoms with E-state index in [0.717, 1.165) is 0 Å². The zero-order valence-electron chi connectivity index (χ0n) is 7.42. The van der Waals surface area contributed by atoms with Gasteiger partial charge in [0.15, 0.2) is 0 Å². The van der Waals surface area contributed by atoms with E-state index in [-0.39, 0.29) is 5.75 Å². The molecule has 0 atom stereocenters. The molecule has 0 saturated heterocycles. The number of halogens is 2. The molecule has 0 aromatic heterocycles. The highest BCUT2D eigenvalue weighted by atomic mass is 79.9. The fourth-order valence-corrected chi connectivity index (χ4v) is 1.93. The fraction of sp³-hybridized carbons (Fsp3) is 0.250. The van der Waals surface area contributed by atoms with Gasteiger partial charge in [0.05, 0.1) is 10.2 Å². The van der Waals surface area contributed by atoms with Crippen molar-refractivity contribution < 1.29 is 12.8 Å². The average molecular weight is 282 g/mol. The molecule has 14 heavy (non-hydrogen) atoms. The first-order chi connectivity index (χ1) is 6.44. The van der Waals surface area contributed by atoms with Crippen LogP contribution in [0.1, 0.15) is 5.56 Å². The van der Waals surface area contributed by atoms with E-state index in [9.17, 15) is 12.8 Å². The van der Waals surface area contributed by atoms with Gasteiger partial charge in [-0.2, -0.15) is 0 Å². The van der Waals surface area contributed by atoms with Crippen LogP contribution in [0.15, 0.2) is 22.7 Å². The second-order valence-corrected chi connectivity index (χ2v) is 5.49. The molecular formula is C8H9BrFNO2S. The first-order valence-electron chi connectivity index (χ1n) is 3.80. The van der Waals surface area contributed by atoms with Crippen molar-refractivity contribution in [2.75, 3.05) is 7.05 Å². The van der Waals surface area contributed by atoms with E-state index in [4.69, 9.17) is 0 Å². The van der Waals surface area contributed by atoms with Crippen LogP contribution >= 0.6 is 15.9 Å². The zero-order valence-corrected chi connectivity index (χ0v) is 9.82. The van der Waals surface area contributed by atoms with Crippen LogP contribution in [0.5, 0.6) is 0 Å². The highest BCUT2D eigenvalue weighted by Crippen LogP contribution is 2.17. The van der Waals surface area contributed by atoms with Crippen LogP contribution in [-0.2, 0) is 15.8 Å². The Morgan fingerprint density at radius 3 is 2.64 bits per heavy atom. The van der Waals surface area contributed by atoms with Crippen LogP contribution in [-0.4, -0.2) is 15.5 Å². The van der Waals surface area contributed by atoms with Crippen LogP contribution in [0.4, 0.5) is 4.39 Å². The van der Waals surface area contributed by atoms with Crippen molar-refractivity contribution in [3.8, 4) is 0 Å². The second-order valence-electron chi connectivity index (χ2n) is 2.71. The Balaban J connectivity index is 2.94. The van der Waals surface area contributed by atoms with E-state index in [0.29, 0.717) is 10.0 Å². The van der Waals surface area contributed by atoms with E-state index in [1.807, 2.05) is 0 Å². The molecule has 6 heteroatoms. The summed E-state index contributed by atoms with van der Waals surface area (Å²) in [6.07, 6.45) is 0. The Morgan fingerprint density at radius 2 is 2.14 bits per heavy atom. The SMILES string of the molecule is CNS(=O)(=O)Cc1ccc(Br)c(F)c1. The molecule has 1 aromatic carbocycles. The minimum atomic E-state index is -3.33. The third-order valence-corrected chi connectivity index (χ3v) is 3.63. The lowest BCUT2D eigenvalue weighted by molar-refractivity contribution is 0.586. The number of hydrogen-bond donors (Lipinski definition) is 1. The molecule has 0 aliphatic heterocycles. The van der Waals surface area contributed by atoms with Gasteiger partial charge in [-0.05, 0) is 40.7 Å². The van der Waals surface area contributed by atoms with Crippen LogP contribution in [0.2, 0.25) is 0 Å². The van der Waals surface area contributed by atoms with Crippen LogP contribution in [0.25, 0.3) is 0 Å². The molecular weight excluding hydrogens is 273 g/mol. The third kappa shape index (κ3) is 3.04. The van der Waals surface area contributed by atoms with Crippen molar-refractivity contribution in [3.05, 3.63) is 34.1 Å². The number of sulfonamides is 1. The summed E-state index contributed by atoms with van der Waals surface area (Å²) in [4.78, 5) is 0. The third-order valence-electron chi connectivity index (χ3n) is 1.65. The van der Waals surface area contributed by atoms with Gasteiger partial charge < -0.3 is 0 Å². The number of hydrogen-bond acceptors (Lipinski definition) is 2. The van der Waals surface area contributed by atoms with E-state index in [2.05, 4.69) is 20.7 Å². The quantitative estimate of drug-likeness (QED) is 0.916.